The fourth-order valence-corrected chi connectivity index (χ4v) is 5.41. The van der Waals surface area contributed by atoms with E-state index in [0.29, 0.717) is 25.1 Å². The number of aryl methyl sites for hydroxylation is 1. The molecule has 0 bridgehead atoms. The van der Waals surface area contributed by atoms with Crippen molar-refractivity contribution in [3.05, 3.63) is 91.8 Å². The Hall–Kier alpha value is -3.94. The average Bonchev–Trinajstić information content (AvgIpc) is 3.00. The molecule has 0 spiro atoms. The first-order valence-corrected chi connectivity index (χ1v) is 14.2. The Morgan fingerprint density at radius 3 is 2.55 bits per heavy atom. The number of aromatic nitrogens is 3. The van der Waals surface area contributed by atoms with Gasteiger partial charge in [-0.25, -0.2) is 18.4 Å². The van der Waals surface area contributed by atoms with Gasteiger partial charge in [0.2, 0.25) is 5.88 Å². The van der Waals surface area contributed by atoms with Gasteiger partial charge in [0.25, 0.3) is 11.5 Å². The molecule has 1 fully saturated rings. The molecule has 0 saturated carbocycles. The number of carbonyl (C=O) groups is 1. The topological polar surface area (TPSA) is 128 Å². The molecule has 2 aromatic heterocycles. The predicted molar refractivity (Wildman–Crippen MR) is 161 cm³/mol. The Labute approximate surface area is 260 Å². The first kappa shape index (κ1) is 31.5. The normalized spacial score (nSPS) is 16.5. The van der Waals surface area contributed by atoms with Gasteiger partial charge < -0.3 is 25.2 Å². The summed E-state index contributed by atoms with van der Waals surface area (Å²) in [6.07, 6.45) is 1.27. The fraction of sp³-hybridized carbons (Fsp3) is 0.267. The number of aliphatic hydroxyl groups excluding tert-OH is 1. The minimum absolute atomic E-state index is 0.00171. The summed E-state index contributed by atoms with van der Waals surface area (Å²) in [5.41, 5.74) is 0.140. The minimum Gasteiger partial charge on any atom is -0.481 e. The number of nitrogens with one attached hydrogen (secondary N) is 2. The number of hydrogen-bond donors (Lipinski definition) is 3. The summed E-state index contributed by atoms with van der Waals surface area (Å²) >= 11 is 13.4. The number of pyridine rings is 1. The van der Waals surface area contributed by atoms with Crippen molar-refractivity contribution in [3.8, 4) is 28.3 Å². The Balaban J connectivity index is 1.48. The second kappa shape index (κ2) is 13.4. The number of ether oxygens (including phenoxy) is 2. The SMILES string of the molecule is COc1nc(-c2cc(F)cc(-c3cc(F)cc(NC(=O)c4ccnn(C)c4=O)c3Cl)c2Cl)ccc1CN[C@@H]1CCOC[C@@H]1O. The van der Waals surface area contributed by atoms with E-state index in [0.717, 1.165) is 22.9 Å². The van der Waals surface area contributed by atoms with Crippen molar-refractivity contribution in [2.45, 2.75) is 25.1 Å². The van der Waals surface area contributed by atoms with Gasteiger partial charge in [-0.05, 0) is 42.8 Å². The molecular weight excluding hydrogens is 619 g/mol. The highest BCUT2D eigenvalue weighted by atomic mass is 35.5. The summed E-state index contributed by atoms with van der Waals surface area (Å²) < 4.78 is 41.6. The molecule has 4 aromatic rings. The quantitative estimate of drug-likeness (QED) is 0.254. The van der Waals surface area contributed by atoms with Crippen LogP contribution in [0.15, 0.2) is 53.5 Å². The van der Waals surface area contributed by atoms with Gasteiger partial charge in [-0.1, -0.05) is 29.3 Å². The molecule has 44 heavy (non-hydrogen) atoms. The Morgan fingerprint density at radius 1 is 1.11 bits per heavy atom. The molecule has 0 aliphatic carbocycles. The number of benzene rings is 2. The molecular formula is C30H27Cl2F2N5O5. The van der Waals surface area contributed by atoms with E-state index in [-0.39, 0.29) is 62.2 Å². The van der Waals surface area contributed by atoms with Crippen molar-refractivity contribution >= 4 is 34.8 Å². The van der Waals surface area contributed by atoms with E-state index in [9.17, 15) is 19.1 Å². The maximum atomic E-state index is 15.0. The highest BCUT2D eigenvalue weighted by Crippen LogP contribution is 2.42. The number of methoxy groups -OCH3 is 1. The molecule has 1 aliphatic heterocycles. The van der Waals surface area contributed by atoms with Crippen molar-refractivity contribution in [1.29, 1.82) is 0 Å². The minimum atomic E-state index is -0.838. The predicted octanol–water partition coefficient (Wildman–Crippen LogP) is 4.59. The average molecular weight is 646 g/mol. The highest BCUT2D eigenvalue weighted by Gasteiger charge is 2.24. The molecule has 0 radical (unpaired) electrons. The number of aliphatic hydroxyl groups is 1. The maximum absolute atomic E-state index is 15.0. The number of anilines is 1. The Bertz CT molecular complexity index is 1790. The summed E-state index contributed by atoms with van der Waals surface area (Å²) in [7, 11) is 2.82. The summed E-state index contributed by atoms with van der Waals surface area (Å²) in [5.74, 6) is -2.08. The van der Waals surface area contributed by atoms with Gasteiger partial charge in [0.1, 0.15) is 17.2 Å². The smallest absolute Gasteiger partial charge is 0.279 e. The molecule has 3 N–H and O–H groups in total. The third-order valence-corrected chi connectivity index (χ3v) is 7.97. The maximum Gasteiger partial charge on any atom is 0.279 e. The van der Waals surface area contributed by atoms with Crippen molar-refractivity contribution in [2.24, 2.45) is 7.05 Å². The second-order valence-electron chi connectivity index (χ2n) is 10.0. The van der Waals surface area contributed by atoms with Crippen LogP contribution >= 0.6 is 23.2 Å². The zero-order chi connectivity index (χ0) is 31.5. The number of hydrogen-bond acceptors (Lipinski definition) is 8. The number of nitrogens with zero attached hydrogens (tertiary/aromatic N) is 3. The first-order valence-electron chi connectivity index (χ1n) is 13.4. The van der Waals surface area contributed by atoms with Crippen molar-refractivity contribution in [3.63, 3.8) is 0 Å². The van der Waals surface area contributed by atoms with Gasteiger partial charge >= 0.3 is 0 Å². The van der Waals surface area contributed by atoms with E-state index in [4.69, 9.17) is 32.7 Å². The Kier molecular flexibility index (Phi) is 9.56. The van der Waals surface area contributed by atoms with E-state index < -0.39 is 29.2 Å². The van der Waals surface area contributed by atoms with Gasteiger partial charge in [0, 0.05) is 54.7 Å². The molecule has 3 heterocycles. The zero-order valence-corrected chi connectivity index (χ0v) is 25.0. The summed E-state index contributed by atoms with van der Waals surface area (Å²) in [6, 6.07) is 8.74. The zero-order valence-electron chi connectivity index (χ0n) is 23.5. The lowest BCUT2D eigenvalue weighted by Crippen LogP contribution is -2.46. The lowest BCUT2D eigenvalue weighted by molar-refractivity contribution is -0.0281. The monoisotopic (exact) mass is 645 g/mol. The number of amides is 1. The van der Waals surface area contributed by atoms with Crippen molar-refractivity contribution in [1.82, 2.24) is 20.1 Å². The molecule has 2 atom stereocenters. The van der Waals surface area contributed by atoms with E-state index in [1.807, 2.05) is 0 Å². The molecule has 0 unspecified atom stereocenters. The van der Waals surface area contributed by atoms with E-state index in [1.54, 1.807) is 12.1 Å². The number of rotatable bonds is 8. The molecule has 1 amide bonds. The first-order chi connectivity index (χ1) is 21.1. The highest BCUT2D eigenvalue weighted by molar-refractivity contribution is 6.39. The van der Waals surface area contributed by atoms with Crippen LogP contribution in [-0.4, -0.2) is 58.2 Å². The summed E-state index contributed by atoms with van der Waals surface area (Å²) in [4.78, 5) is 29.7. The van der Waals surface area contributed by atoms with Crippen LogP contribution < -0.4 is 20.9 Å². The Morgan fingerprint density at radius 2 is 1.82 bits per heavy atom. The number of carbonyl (C=O) groups excluding carboxylic acids is 1. The van der Waals surface area contributed by atoms with Gasteiger partial charge in [-0.2, -0.15) is 5.10 Å². The van der Waals surface area contributed by atoms with Crippen LogP contribution in [-0.2, 0) is 18.3 Å². The number of halogens is 4. The van der Waals surface area contributed by atoms with Gasteiger partial charge in [0.05, 0.1) is 41.2 Å². The summed E-state index contributed by atoms with van der Waals surface area (Å²) in [5, 5.41) is 19.5. The van der Waals surface area contributed by atoms with Gasteiger partial charge in [-0.15, -0.1) is 0 Å². The van der Waals surface area contributed by atoms with Crippen LogP contribution in [0.5, 0.6) is 5.88 Å². The summed E-state index contributed by atoms with van der Waals surface area (Å²) in [6.45, 7) is 1.14. The van der Waals surface area contributed by atoms with Crippen molar-refractivity contribution < 1.29 is 28.2 Å². The van der Waals surface area contributed by atoms with Crippen LogP contribution in [0.1, 0.15) is 22.3 Å². The van der Waals surface area contributed by atoms with Crippen molar-refractivity contribution in [2.75, 3.05) is 25.6 Å². The van der Waals surface area contributed by atoms with E-state index >= 15 is 4.39 Å². The molecule has 2 aromatic carbocycles. The largest absolute Gasteiger partial charge is 0.481 e. The van der Waals surface area contributed by atoms with E-state index in [2.05, 4.69) is 20.7 Å². The fourth-order valence-electron chi connectivity index (χ4n) is 4.85. The van der Waals surface area contributed by atoms with Gasteiger partial charge in [0.15, 0.2) is 0 Å². The van der Waals surface area contributed by atoms with E-state index in [1.165, 1.54) is 32.5 Å². The molecule has 5 rings (SSSR count). The van der Waals surface area contributed by atoms with Crippen LogP contribution in [0.3, 0.4) is 0 Å². The lowest BCUT2D eigenvalue weighted by Gasteiger charge is -2.28. The second-order valence-corrected chi connectivity index (χ2v) is 10.8. The van der Waals surface area contributed by atoms with Gasteiger partial charge in [-0.3, -0.25) is 9.59 Å². The molecule has 14 heteroatoms. The molecule has 1 aliphatic rings. The molecule has 230 valence electrons. The molecule has 10 nitrogen and oxygen atoms in total. The standard InChI is InChI=1S/C30H27Cl2F2N5O5/c1-39-30(42)18(5-7-36-39)28(41)37-24-12-17(34)10-20(27(24)32)19-9-16(33)11-21(26(19)31)22-4-3-15(29(38-22)43-2)13-35-23-6-8-44-14-25(23)40/h3-5,7,9-12,23,25,35,40H,6,8,13-14H2,1-2H3,(H,37,41)/t23-,25+/m1/s1. The van der Waals surface area contributed by atoms with Crippen LogP contribution in [0.25, 0.3) is 22.4 Å². The van der Waals surface area contributed by atoms with Crippen LogP contribution in [0, 0.1) is 11.6 Å². The van der Waals surface area contributed by atoms with Crippen LogP contribution in [0.2, 0.25) is 10.0 Å². The third kappa shape index (κ3) is 6.59. The third-order valence-electron chi connectivity index (χ3n) is 7.15. The van der Waals surface area contributed by atoms with Crippen LogP contribution in [0.4, 0.5) is 14.5 Å². The lowest BCUT2D eigenvalue weighted by atomic mass is 9.99. The molecule has 1 saturated heterocycles.